The second-order valence-corrected chi connectivity index (χ2v) is 6.30. The maximum absolute atomic E-state index is 12.3. The van der Waals surface area contributed by atoms with E-state index in [-0.39, 0.29) is 16.1 Å². The van der Waals surface area contributed by atoms with Crippen molar-refractivity contribution in [3.8, 4) is 0 Å². The van der Waals surface area contributed by atoms with Crippen molar-refractivity contribution in [1.29, 1.82) is 0 Å². The molecule has 0 heterocycles. The monoisotopic (exact) mass is 348 g/mol. The molecule has 1 aromatic carbocycles. The molecule has 1 amide bonds. The van der Waals surface area contributed by atoms with Crippen LogP contribution in [0, 0.1) is 0 Å². The van der Waals surface area contributed by atoms with E-state index < -0.39 is 10.0 Å². The highest BCUT2D eigenvalue weighted by molar-refractivity contribution is 9.09. The van der Waals surface area contributed by atoms with Crippen LogP contribution in [0.2, 0.25) is 0 Å². The Hall–Kier alpha value is -0.920. The first-order valence-electron chi connectivity index (χ1n) is 5.91. The summed E-state index contributed by atoms with van der Waals surface area (Å²) in [5, 5.41) is 2.78. The number of benzene rings is 1. The minimum atomic E-state index is -3.50. The summed E-state index contributed by atoms with van der Waals surface area (Å²) >= 11 is 3.04. The van der Waals surface area contributed by atoms with Gasteiger partial charge in [0.15, 0.2) is 0 Å². The number of carbonyl (C=O) groups excluding carboxylic acids is 1. The van der Waals surface area contributed by atoms with Gasteiger partial charge in [-0.05, 0) is 18.2 Å². The molecule has 0 saturated heterocycles. The van der Waals surface area contributed by atoms with Crippen molar-refractivity contribution in [2.75, 3.05) is 23.7 Å². The fraction of sp³-hybridized carbons (Fsp3) is 0.417. The van der Waals surface area contributed by atoms with Crippen LogP contribution in [0.1, 0.15) is 13.8 Å². The fourth-order valence-electron chi connectivity index (χ4n) is 1.64. The van der Waals surface area contributed by atoms with Gasteiger partial charge in [-0.15, -0.1) is 0 Å². The van der Waals surface area contributed by atoms with Gasteiger partial charge in [-0.3, -0.25) is 4.79 Å². The lowest BCUT2D eigenvalue weighted by molar-refractivity contribution is -0.113. The molecule has 1 N–H and O–H groups in total. The summed E-state index contributed by atoms with van der Waals surface area (Å²) in [7, 11) is -3.50. The number of hydrogen-bond acceptors (Lipinski definition) is 3. The molecule has 106 valence electrons. The van der Waals surface area contributed by atoms with E-state index in [1.54, 1.807) is 26.0 Å². The molecular weight excluding hydrogens is 332 g/mol. The average Bonchev–Trinajstić information content (AvgIpc) is 2.40. The molecule has 0 aromatic heterocycles. The molecule has 5 nitrogen and oxygen atoms in total. The van der Waals surface area contributed by atoms with E-state index in [9.17, 15) is 13.2 Å². The Morgan fingerprint density at radius 2 is 1.95 bits per heavy atom. The minimum Gasteiger partial charge on any atom is -0.325 e. The zero-order chi connectivity index (χ0) is 14.5. The van der Waals surface area contributed by atoms with Crippen LogP contribution in [0.3, 0.4) is 0 Å². The van der Waals surface area contributed by atoms with Crippen LogP contribution in [-0.4, -0.2) is 37.0 Å². The van der Waals surface area contributed by atoms with Crippen LogP contribution in [-0.2, 0) is 14.8 Å². The molecule has 0 spiro atoms. The van der Waals surface area contributed by atoms with Crippen LogP contribution >= 0.6 is 15.9 Å². The van der Waals surface area contributed by atoms with Crippen LogP contribution in [0.5, 0.6) is 0 Å². The number of hydrogen-bond donors (Lipinski definition) is 1. The maximum Gasteiger partial charge on any atom is 0.243 e. The Labute approximate surface area is 122 Å². The highest BCUT2D eigenvalue weighted by Gasteiger charge is 2.21. The van der Waals surface area contributed by atoms with Gasteiger partial charge < -0.3 is 5.32 Å². The van der Waals surface area contributed by atoms with Gasteiger partial charge in [0.25, 0.3) is 0 Å². The predicted octanol–water partition coefficient (Wildman–Crippen LogP) is 2.05. The highest BCUT2D eigenvalue weighted by atomic mass is 79.9. The van der Waals surface area contributed by atoms with Crippen LogP contribution in [0.4, 0.5) is 5.69 Å². The number of amides is 1. The standard InChI is InChI=1S/C12H17BrN2O3S/c1-3-15(4-2)19(17,18)11-7-5-6-10(8-11)14-12(16)9-13/h5-8H,3-4,9H2,1-2H3,(H,14,16). The summed E-state index contributed by atoms with van der Waals surface area (Å²) in [6, 6.07) is 6.26. The molecule has 0 aliphatic heterocycles. The molecule has 7 heteroatoms. The molecule has 0 unspecified atom stereocenters. The number of sulfonamides is 1. The fourth-order valence-corrected chi connectivity index (χ4v) is 3.29. The van der Waals surface area contributed by atoms with Gasteiger partial charge in [0.05, 0.1) is 10.2 Å². The van der Waals surface area contributed by atoms with Crippen LogP contribution in [0.25, 0.3) is 0 Å². The lowest BCUT2D eigenvalue weighted by Gasteiger charge is -2.18. The first-order chi connectivity index (χ1) is 8.95. The summed E-state index contributed by atoms with van der Waals surface area (Å²) in [5.41, 5.74) is 0.470. The smallest absolute Gasteiger partial charge is 0.243 e. The van der Waals surface area contributed by atoms with Gasteiger partial charge in [-0.1, -0.05) is 35.8 Å². The van der Waals surface area contributed by atoms with E-state index in [4.69, 9.17) is 0 Å². The predicted molar refractivity (Wildman–Crippen MR) is 79.0 cm³/mol. The van der Waals surface area contributed by atoms with Gasteiger partial charge in [0.1, 0.15) is 0 Å². The van der Waals surface area contributed by atoms with E-state index in [0.717, 1.165) is 0 Å². The number of nitrogens with one attached hydrogen (secondary N) is 1. The summed E-state index contributed by atoms with van der Waals surface area (Å²) in [4.78, 5) is 11.5. The largest absolute Gasteiger partial charge is 0.325 e. The lowest BCUT2D eigenvalue weighted by Crippen LogP contribution is -2.30. The van der Waals surface area contributed by atoms with Gasteiger partial charge in [-0.25, -0.2) is 8.42 Å². The molecule has 0 fully saturated rings. The molecule has 0 atom stereocenters. The third-order valence-electron chi connectivity index (χ3n) is 2.58. The van der Waals surface area contributed by atoms with E-state index in [1.807, 2.05) is 0 Å². The van der Waals surface area contributed by atoms with E-state index in [1.165, 1.54) is 16.4 Å². The molecule has 1 aromatic rings. The van der Waals surface area contributed by atoms with Crippen LogP contribution < -0.4 is 5.32 Å². The zero-order valence-corrected chi connectivity index (χ0v) is 13.3. The average molecular weight is 349 g/mol. The number of nitrogens with zero attached hydrogens (tertiary/aromatic N) is 1. The summed E-state index contributed by atoms with van der Waals surface area (Å²) in [6.07, 6.45) is 0. The first-order valence-corrected chi connectivity index (χ1v) is 8.47. The maximum atomic E-state index is 12.3. The quantitative estimate of drug-likeness (QED) is 0.800. The lowest BCUT2D eigenvalue weighted by atomic mass is 10.3. The Morgan fingerprint density at radius 1 is 1.32 bits per heavy atom. The summed E-state index contributed by atoms with van der Waals surface area (Å²) in [5.74, 6) is -0.225. The minimum absolute atomic E-state index is 0.167. The molecular formula is C12H17BrN2O3S. The van der Waals surface area contributed by atoms with E-state index in [2.05, 4.69) is 21.2 Å². The van der Waals surface area contributed by atoms with Crippen molar-refractivity contribution in [2.24, 2.45) is 0 Å². The number of halogens is 1. The van der Waals surface area contributed by atoms with Crippen molar-refractivity contribution in [3.63, 3.8) is 0 Å². The molecule has 0 bridgehead atoms. The van der Waals surface area contributed by atoms with Gasteiger partial charge in [-0.2, -0.15) is 4.31 Å². The normalized spacial score (nSPS) is 11.6. The van der Waals surface area contributed by atoms with Crippen molar-refractivity contribution >= 4 is 37.5 Å². The second-order valence-electron chi connectivity index (χ2n) is 3.80. The Morgan fingerprint density at radius 3 is 2.47 bits per heavy atom. The third kappa shape index (κ3) is 4.02. The molecule has 0 saturated carbocycles. The SMILES string of the molecule is CCN(CC)S(=O)(=O)c1cccc(NC(=O)CBr)c1. The molecule has 1 rings (SSSR count). The van der Waals surface area contributed by atoms with Gasteiger partial charge in [0, 0.05) is 18.8 Å². The summed E-state index contributed by atoms with van der Waals surface area (Å²) < 4.78 is 26.0. The summed E-state index contributed by atoms with van der Waals surface area (Å²) in [6.45, 7) is 4.41. The third-order valence-corrected chi connectivity index (χ3v) is 5.14. The number of anilines is 1. The Kier molecular flexibility index (Phi) is 5.96. The highest BCUT2D eigenvalue weighted by Crippen LogP contribution is 2.19. The zero-order valence-electron chi connectivity index (χ0n) is 10.9. The molecule has 19 heavy (non-hydrogen) atoms. The van der Waals surface area contributed by atoms with Crippen molar-refractivity contribution < 1.29 is 13.2 Å². The second kappa shape index (κ2) is 7.02. The topological polar surface area (TPSA) is 66.5 Å². The molecule has 0 radical (unpaired) electrons. The van der Waals surface area contributed by atoms with Crippen molar-refractivity contribution in [1.82, 2.24) is 4.31 Å². The number of rotatable bonds is 6. The van der Waals surface area contributed by atoms with E-state index >= 15 is 0 Å². The molecule has 0 aliphatic rings. The Balaban J connectivity index is 3.08. The first kappa shape index (κ1) is 16.1. The molecule has 0 aliphatic carbocycles. The number of carbonyl (C=O) groups is 1. The van der Waals surface area contributed by atoms with E-state index in [0.29, 0.717) is 18.8 Å². The Bertz CT molecular complexity index is 542. The van der Waals surface area contributed by atoms with Gasteiger partial charge in [0.2, 0.25) is 15.9 Å². The van der Waals surface area contributed by atoms with Crippen LogP contribution in [0.15, 0.2) is 29.2 Å². The van der Waals surface area contributed by atoms with Gasteiger partial charge >= 0.3 is 0 Å². The number of alkyl halides is 1. The van der Waals surface area contributed by atoms with Crippen molar-refractivity contribution in [3.05, 3.63) is 24.3 Å². The van der Waals surface area contributed by atoms with Crippen molar-refractivity contribution in [2.45, 2.75) is 18.7 Å².